The number of nitrogens with zero attached hydrogens (tertiary/aromatic N) is 1. The number of anilines is 2. The van der Waals surface area contributed by atoms with E-state index in [1.165, 1.54) is 21.2 Å². The molecule has 1 N–H and O–H groups in total. The Morgan fingerprint density at radius 1 is 1.10 bits per heavy atom. The zero-order valence-corrected chi connectivity index (χ0v) is 13.0. The van der Waals surface area contributed by atoms with Gasteiger partial charge in [-0.15, -0.1) is 0 Å². The van der Waals surface area contributed by atoms with Crippen molar-refractivity contribution in [3.8, 4) is 0 Å². The standard InChI is InChI=1S/C17H18N2OS/c1-12(18-13(2)20)11-19-14-7-3-5-9-16(14)21-17-10-6-4-8-15(17)19/h3-10,12H,11H2,1-2H3,(H,18,20). The van der Waals surface area contributed by atoms with Gasteiger partial charge in [0, 0.05) is 29.3 Å². The first-order valence-corrected chi connectivity index (χ1v) is 7.87. The van der Waals surface area contributed by atoms with Crippen molar-refractivity contribution in [2.75, 3.05) is 11.4 Å². The molecule has 1 aliphatic rings. The van der Waals surface area contributed by atoms with Crippen molar-refractivity contribution >= 4 is 29.0 Å². The molecule has 1 atom stereocenters. The van der Waals surface area contributed by atoms with E-state index in [0.29, 0.717) is 0 Å². The highest BCUT2D eigenvalue weighted by atomic mass is 32.2. The smallest absolute Gasteiger partial charge is 0.217 e. The van der Waals surface area contributed by atoms with E-state index in [2.05, 4.69) is 58.7 Å². The molecular formula is C17H18N2OS. The van der Waals surface area contributed by atoms with Gasteiger partial charge in [-0.05, 0) is 31.2 Å². The van der Waals surface area contributed by atoms with E-state index in [4.69, 9.17) is 0 Å². The normalized spacial score (nSPS) is 14.1. The molecular weight excluding hydrogens is 280 g/mol. The van der Waals surface area contributed by atoms with E-state index in [9.17, 15) is 4.79 Å². The summed E-state index contributed by atoms with van der Waals surface area (Å²) in [5.74, 6) is 0.00968. The van der Waals surface area contributed by atoms with E-state index < -0.39 is 0 Å². The molecule has 0 aliphatic carbocycles. The van der Waals surface area contributed by atoms with Gasteiger partial charge in [0.2, 0.25) is 5.91 Å². The molecule has 0 spiro atoms. The van der Waals surface area contributed by atoms with Gasteiger partial charge in [-0.1, -0.05) is 36.0 Å². The first kappa shape index (κ1) is 14.0. The van der Waals surface area contributed by atoms with Crippen molar-refractivity contribution in [1.29, 1.82) is 0 Å². The maximum atomic E-state index is 11.3. The van der Waals surface area contributed by atoms with Crippen LogP contribution >= 0.6 is 11.8 Å². The monoisotopic (exact) mass is 298 g/mol. The zero-order valence-electron chi connectivity index (χ0n) is 12.2. The van der Waals surface area contributed by atoms with Gasteiger partial charge in [0.15, 0.2) is 0 Å². The second-order valence-corrected chi connectivity index (χ2v) is 6.33. The zero-order chi connectivity index (χ0) is 14.8. The van der Waals surface area contributed by atoms with Crippen molar-refractivity contribution in [2.45, 2.75) is 29.7 Å². The van der Waals surface area contributed by atoms with Gasteiger partial charge in [-0.3, -0.25) is 4.79 Å². The minimum absolute atomic E-state index is 0.00968. The second kappa shape index (κ2) is 5.82. The highest BCUT2D eigenvalue weighted by molar-refractivity contribution is 7.99. The lowest BCUT2D eigenvalue weighted by molar-refractivity contribution is -0.119. The summed E-state index contributed by atoms with van der Waals surface area (Å²) in [7, 11) is 0. The first-order chi connectivity index (χ1) is 10.1. The van der Waals surface area contributed by atoms with E-state index in [0.717, 1.165) is 6.54 Å². The third kappa shape index (κ3) is 2.90. The van der Waals surface area contributed by atoms with Crippen molar-refractivity contribution in [3.63, 3.8) is 0 Å². The molecule has 0 aromatic heterocycles. The van der Waals surface area contributed by atoms with Crippen molar-refractivity contribution < 1.29 is 4.79 Å². The fourth-order valence-corrected chi connectivity index (χ4v) is 3.74. The van der Waals surface area contributed by atoms with Gasteiger partial charge >= 0.3 is 0 Å². The van der Waals surface area contributed by atoms with Crippen LogP contribution in [0.15, 0.2) is 58.3 Å². The summed E-state index contributed by atoms with van der Waals surface area (Å²) in [4.78, 5) is 16.1. The largest absolute Gasteiger partial charge is 0.352 e. The molecule has 2 aromatic rings. The Bertz CT molecular complexity index is 626. The van der Waals surface area contributed by atoms with Crippen LogP contribution in [0.25, 0.3) is 0 Å². The molecule has 1 aliphatic heterocycles. The lowest BCUT2D eigenvalue weighted by Gasteiger charge is -2.34. The topological polar surface area (TPSA) is 32.3 Å². The van der Waals surface area contributed by atoms with Crippen LogP contribution in [0.3, 0.4) is 0 Å². The maximum absolute atomic E-state index is 11.3. The van der Waals surface area contributed by atoms with Crippen molar-refractivity contribution in [1.82, 2.24) is 5.32 Å². The molecule has 1 heterocycles. The number of nitrogens with one attached hydrogen (secondary N) is 1. The van der Waals surface area contributed by atoms with E-state index in [1.807, 2.05) is 6.92 Å². The number of carbonyl (C=O) groups excluding carboxylic acids is 1. The maximum Gasteiger partial charge on any atom is 0.217 e. The molecule has 21 heavy (non-hydrogen) atoms. The summed E-state index contributed by atoms with van der Waals surface area (Å²) >= 11 is 1.80. The van der Waals surface area contributed by atoms with E-state index in [1.54, 1.807) is 18.7 Å². The molecule has 1 unspecified atom stereocenters. The van der Waals surface area contributed by atoms with Crippen LogP contribution in [0.5, 0.6) is 0 Å². The molecule has 1 amide bonds. The lowest BCUT2D eigenvalue weighted by atomic mass is 10.2. The van der Waals surface area contributed by atoms with Crippen LogP contribution in [0, 0.1) is 0 Å². The summed E-state index contributed by atoms with van der Waals surface area (Å²) < 4.78 is 0. The van der Waals surface area contributed by atoms with Crippen LogP contribution in [0.1, 0.15) is 13.8 Å². The first-order valence-electron chi connectivity index (χ1n) is 7.05. The summed E-state index contributed by atoms with van der Waals surface area (Å²) in [5.41, 5.74) is 2.41. The second-order valence-electron chi connectivity index (χ2n) is 5.25. The van der Waals surface area contributed by atoms with Gasteiger partial charge in [-0.25, -0.2) is 0 Å². The summed E-state index contributed by atoms with van der Waals surface area (Å²) in [6, 6.07) is 16.9. The Morgan fingerprint density at radius 2 is 1.62 bits per heavy atom. The van der Waals surface area contributed by atoms with Gasteiger partial charge in [0.25, 0.3) is 0 Å². The van der Waals surface area contributed by atoms with Crippen molar-refractivity contribution in [2.24, 2.45) is 0 Å². The number of benzene rings is 2. The molecule has 4 heteroatoms. The van der Waals surface area contributed by atoms with Crippen LogP contribution in [-0.2, 0) is 4.79 Å². The number of amides is 1. The van der Waals surface area contributed by atoms with Gasteiger partial charge in [0.05, 0.1) is 11.4 Å². The fourth-order valence-electron chi connectivity index (χ4n) is 2.64. The molecule has 3 rings (SSSR count). The minimum atomic E-state index is 0.00968. The van der Waals surface area contributed by atoms with Gasteiger partial charge < -0.3 is 10.2 Å². The molecule has 3 nitrogen and oxygen atoms in total. The van der Waals surface area contributed by atoms with E-state index >= 15 is 0 Å². The summed E-state index contributed by atoms with van der Waals surface area (Å²) in [5, 5.41) is 2.96. The third-order valence-electron chi connectivity index (χ3n) is 3.44. The predicted octanol–water partition coefficient (Wildman–Crippen LogP) is 3.81. The quantitative estimate of drug-likeness (QED) is 0.935. The Hall–Kier alpha value is -1.94. The van der Waals surface area contributed by atoms with Crippen molar-refractivity contribution in [3.05, 3.63) is 48.5 Å². The number of carbonyl (C=O) groups is 1. The number of fused-ring (bicyclic) bond motifs is 2. The average Bonchev–Trinajstić information content (AvgIpc) is 2.46. The van der Waals surface area contributed by atoms with Gasteiger partial charge in [-0.2, -0.15) is 0 Å². The molecule has 108 valence electrons. The number of rotatable bonds is 3. The van der Waals surface area contributed by atoms with E-state index in [-0.39, 0.29) is 11.9 Å². The summed E-state index contributed by atoms with van der Waals surface area (Å²) in [6.07, 6.45) is 0. The molecule has 0 saturated heterocycles. The number of hydrogen-bond acceptors (Lipinski definition) is 3. The Kier molecular flexibility index (Phi) is 3.88. The Labute approximate surface area is 129 Å². The predicted molar refractivity (Wildman–Crippen MR) is 87.3 cm³/mol. The SMILES string of the molecule is CC(=O)NC(C)CN1c2ccccc2Sc2ccccc21. The summed E-state index contributed by atoms with van der Waals surface area (Å²) in [6.45, 7) is 4.35. The number of para-hydroxylation sites is 2. The Balaban J connectivity index is 1.96. The molecule has 0 bridgehead atoms. The molecule has 0 radical (unpaired) electrons. The highest BCUT2D eigenvalue weighted by Gasteiger charge is 2.24. The fraction of sp³-hybridized carbons (Fsp3) is 0.235. The van der Waals surface area contributed by atoms with Crippen LogP contribution in [0.4, 0.5) is 11.4 Å². The average molecular weight is 298 g/mol. The Morgan fingerprint density at radius 3 is 2.14 bits per heavy atom. The molecule has 0 fully saturated rings. The third-order valence-corrected chi connectivity index (χ3v) is 4.57. The molecule has 0 saturated carbocycles. The highest BCUT2D eigenvalue weighted by Crippen LogP contribution is 2.47. The lowest BCUT2D eigenvalue weighted by Crippen LogP contribution is -2.40. The van der Waals surface area contributed by atoms with Gasteiger partial charge in [0.1, 0.15) is 0 Å². The molecule has 2 aromatic carbocycles. The van der Waals surface area contributed by atoms with Crippen LogP contribution < -0.4 is 10.2 Å². The van der Waals surface area contributed by atoms with Crippen LogP contribution in [-0.4, -0.2) is 18.5 Å². The number of hydrogen-bond donors (Lipinski definition) is 1. The van der Waals surface area contributed by atoms with Crippen LogP contribution in [0.2, 0.25) is 0 Å². The minimum Gasteiger partial charge on any atom is -0.352 e.